The van der Waals surface area contributed by atoms with Gasteiger partial charge in [-0.25, -0.2) is 4.90 Å². The van der Waals surface area contributed by atoms with E-state index in [-0.39, 0.29) is 23.7 Å². The fourth-order valence-electron chi connectivity index (χ4n) is 3.15. The first-order valence-corrected chi connectivity index (χ1v) is 7.64. The third-order valence-corrected chi connectivity index (χ3v) is 5.05. The SMILES string of the molecule is CC1=C(C)CC2C(=O)N(c3cc(Cl)ccc3Cl)C(=O)C2C1. The van der Waals surface area contributed by atoms with Crippen molar-refractivity contribution in [2.24, 2.45) is 11.8 Å². The number of amides is 2. The molecule has 1 saturated heterocycles. The summed E-state index contributed by atoms with van der Waals surface area (Å²) >= 11 is 12.1. The number of carbonyl (C=O) groups is 2. The van der Waals surface area contributed by atoms with E-state index in [1.165, 1.54) is 16.0 Å². The molecule has 0 N–H and O–H groups in total. The van der Waals surface area contributed by atoms with Crippen molar-refractivity contribution in [2.45, 2.75) is 26.7 Å². The van der Waals surface area contributed by atoms with Gasteiger partial charge in [0.05, 0.1) is 22.5 Å². The summed E-state index contributed by atoms with van der Waals surface area (Å²) in [5, 5.41) is 0.816. The maximum absolute atomic E-state index is 12.6. The van der Waals surface area contributed by atoms with Gasteiger partial charge >= 0.3 is 0 Å². The van der Waals surface area contributed by atoms with E-state index >= 15 is 0 Å². The summed E-state index contributed by atoms with van der Waals surface area (Å²) in [6, 6.07) is 4.82. The first-order chi connectivity index (χ1) is 9.90. The number of halogens is 2. The van der Waals surface area contributed by atoms with Gasteiger partial charge in [-0.1, -0.05) is 34.3 Å². The molecule has 2 atom stereocenters. The molecule has 2 aliphatic rings. The lowest BCUT2D eigenvalue weighted by Gasteiger charge is -2.23. The third kappa shape index (κ3) is 2.29. The predicted molar refractivity (Wildman–Crippen MR) is 83.5 cm³/mol. The maximum Gasteiger partial charge on any atom is 0.238 e. The van der Waals surface area contributed by atoms with Gasteiger partial charge in [-0.05, 0) is 44.9 Å². The van der Waals surface area contributed by atoms with Gasteiger partial charge in [0.15, 0.2) is 0 Å². The summed E-state index contributed by atoms with van der Waals surface area (Å²) < 4.78 is 0. The lowest BCUT2D eigenvalue weighted by atomic mass is 9.78. The molecule has 0 saturated carbocycles. The Bertz CT molecular complexity index is 649. The number of fused-ring (bicyclic) bond motifs is 1. The Hall–Kier alpha value is -1.32. The molecule has 3 nitrogen and oxygen atoms in total. The van der Waals surface area contributed by atoms with Crippen LogP contribution in [0.1, 0.15) is 26.7 Å². The number of rotatable bonds is 1. The molecular weight excluding hydrogens is 309 g/mol. The zero-order valence-corrected chi connectivity index (χ0v) is 13.3. The summed E-state index contributed by atoms with van der Waals surface area (Å²) in [4.78, 5) is 26.5. The molecule has 0 aromatic heterocycles. The number of hydrogen-bond acceptors (Lipinski definition) is 2. The molecule has 1 aromatic carbocycles. The van der Waals surface area contributed by atoms with Crippen molar-refractivity contribution >= 4 is 40.7 Å². The van der Waals surface area contributed by atoms with Crippen LogP contribution in [-0.4, -0.2) is 11.8 Å². The van der Waals surface area contributed by atoms with Gasteiger partial charge in [-0.3, -0.25) is 9.59 Å². The quantitative estimate of drug-likeness (QED) is 0.573. The van der Waals surface area contributed by atoms with Gasteiger partial charge in [0.25, 0.3) is 0 Å². The number of imide groups is 1. The van der Waals surface area contributed by atoms with Crippen LogP contribution < -0.4 is 4.90 Å². The highest BCUT2D eigenvalue weighted by Gasteiger charge is 2.50. The van der Waals surface area contributed by atoms with Crippen LogP contribution in [0.4, 0.5) is 5.69 Å². The standard InChI is InChI=1S/C16H15Cl2NO2/c1-8-5-11-12(6-9(8)2)16(21)19(15(11)20)14-7-10(17)3-4-13(14)18/h3-4,7,11-12H,5-6H2,1-2H3. The number of hydrogen-bond donors (Lipinski definition) is 0. The fraction of sp³-hybridized carbons (Fsp3) is 0.375. The fourth-order valence-corrected chi connectivity index (χ4v) is 3.51. The summed E-state index contributed by atoms with van der Waals surface area (Å²) in [6.45, 7) is 4.05. The largest absolute Gasteiger partial charge is 0.274 e. The van der Waals surface area contributed by atoms with Gasteiger partial charge in [-0.15, -0.1) is 0 Å². The molecule has 110 valence electrons. The van der Waals surface area contributed by atoms with E-state index in [0.717, 1.165) is 0 Å². The van der Waals surface area contributed by atoms with E-state index in [9.17, 15) is 9.59 Å². The Morgan fingerprint density at radius 3 is 2.05 bits per heavy atom. The van der Waals surface area contributed by atoms with Crippen molar-refractivity contribution in [3.05, 3.63) is 39.4 Å². The molecule has 2 amide bonds. The predicted octanol–water partition coefficient (Wildman–Crippen LogP) is 4.23. The van der Waals surface area contributed by atoms with E-state index in [4.69, 9.17) is 23.2 Å². The van der Waals surface area contributed by atoms with E-state index in [0.29, 0.717) is 28.6 Å². The van der Waals surface area contributed by atoms with Crippen LogP contribution >= 0.6 is 23.2 Å². The molecule has 3 rings (SSSR count). The van der Waals surface area contributed by atoms with Crippen LogP contribution in [0.5, 0.6) is 0 Å². The van der Waals surface area contributed by atoms with E-state index < -0.39 is 0 Å². The average molecular weight is 324 g/mol. The Labute approximate surface area is 133 Å². The molecule has 1 aromatic rings. The summed E-state index contributed by atoms with van der Waals surface area (Å²) in [6.07, 6.45) is 1.30. The topological polar surface area (TPSA) is 37.4 Å². The maximum atomic E-state index is 12.6. The van der Waals surface area contributed by atoms with Gasteiger partial charge in [-0.2, -0.15) is 0 Å². The lowest BCUT2D eigenvalue weighted by molar-refractivity contribution is -0.122. The molecule has 2 unspecified atom stereocenters. The smallest absolute Gasteiger partial charge is 0.238 e. The van der Waals surface area contributed by atoms with Crippen molar-refractivity contribution in [2.75, 3.05) is 4.90 Å². The summed E-state index contributed by atoms with van der Waals surface area (Å²) in [7, 11) is 0. The third-order valence-electron chi connectivity index (χ3n) is 4.49. The Morgan fingerprint density at radius 2 is 1.52 bits per heavy atom. The molecule has 1 aliphatic heterocycles. The van der Waals surface area contributed by atoms with Crippen LogP contribution in [0.2, 0.25) is 10.0 Å². The van der Waals surface area contributed by atoms with Gasteiger partial charge in [0.1, 0.15) is 0 Å². The van der Waals surface area contributed by atoms with Crippen molar-refractivity contribution in [3.8, 4) is 0 Å². The molecule has 5 heteroatoms. The van der Waals surface area contributed by atoms with Crippen LogP contribution in [0.25, 0.3) is 0 Å². The van der Waals surface area contributed by atoms with Gasteiger partial charge in [0.2, 0.25) is 11.8 Å². The highest BCUT2D eigenvalue weighted by atomic mass is 35.5. The first kappa shape index (κ1) is 14.6. The van der Waals surface area contributed by atoms with Crippen LogP contribution in [0.3, 0.4) is 0 Å². The average Bonchev–Trinajstić information content (AvgIpc) is 2.66. The van der Waals surface area contributed by atoms with E-state index in [1.54, 1.807) is 18.2 Å². The first-order valence-electron chi connectivity index (χ1n) is 6.88. The second-order valence-corrected chi connectivity index (χ2v) is 6.63. The van der Waals surface area contributed by atoms with Crippen LogP contribution in [0.15, 0.2) is 29.3 Å². The minimum absolute atomic E-state index is 0.166. The zero-order chi connectivity index (χ0) is 15.3. The van der Waals surface area contributed by atoms with Crippen molar-refractivity contribution < 1.29 is 9.59 Å². The normalized spacial score (nSPS) is 25.6. The second kappa shape index (κ2) is 5.15. The van der Waals surface area contributed by atoms with E-state index in [1.807, 2.05) is 13.8 Å². The summed E-state index contributed by atoms with van der Waals surface area (Å²) in [5.41, 5.74) is 2.80. The van der Waals surface area contributed by atoms with Crippen molar-refractivity contribution in [3.63, 3.8) is 0 Å². The number of anilines is 1. The van der Waals surface area contributed by atoms with Crippen LogP contribution in [-0.2, 0) is 9.59 Å². The second-order valence-electron chi connectivity index (χ2n) is 5.79. The van der Waals surface area contributed by atoms with Crippen molar-refractivity contribution in [1.29, 1.82) is 0 Å². The monoisotopic (exact) mass is 323 g/mol. The highest BCUT2D eigenvalue weighted by Crippen LogP contribution is 2.43. The minimum atomic E-state index is -0.267. The molecule has 1 fully saturated rings. The van der Waals surface area contributed by atoms with Gasteiger partial charge in [0, 0.05) is 5.02 Å². The Kier molecular flexibility index (Phi) is 3.58. The highest BCUT2D eigenvalue weighted by molar-refractivity contribution is 6.37. The van der Waals surface area contributed by atoms with Crippen LogP contribution in [0, 0.1) is 11.8 Å². The number of carbonyl (C=O) groups excluding carboxylic acids is 2. The number of benzene rings is 1. The number of nitrogens with zero attached hydrogens (tertiary/aromatic N) is 1. The molecule has 0 spiro atoms. The summed E-state index contributed by atoms with van der Waals surface area (Å²) in [5.74, 6) is -0.866. The minimum Gasteiger partial charge on any atom is -0.274 e. The molecule has 0 bridgehead atoms. The Morgan fingerprint density at radius 1 is 1.00 bits per heavy atom. The molecular formula is C16H15Cl2NO2. The number of allylic oxidation sites excluding steroid dienone is 2. The molecule has 1 heterocycles. The molecule has 21 heavy (non-hydrogen) atoms. The van der Waals surface area contributed by atoms with E-state index in [2.05, 4.69) is 0 Å². The Balaban J connectivity index is 2.02. The van der Waals surface area contributed by atoms with Gasteiger partial charge < -0.3 is 0 Å². The molecule has 1 aliphatic carbocycles. The molecule has 0 radical (unpaired) electrons. The zero-order valence-electron chi connectivity index (χ0n) is 11.8. The van der Waals surface area contributed by atoms with Crippen molar-refractivity contribution in [1.82, 2.24) is 0 Å². The lowest BCUT2D eigenvalue weighted by Crippen LogP contribution is -2.31.